The summed E-state index contributed by atoms with van der Waals surface area (Å²) in [6.45, 7) is 3.19. The largest absolute Gasteiger partial charge is 0.372 e. The van der Waals surface area contributed by atoms with E-state index in [4.69, 9.17) is 0 Å². The van der Waals surface area contributed by atoms with Crippen molar-refractivity contribution < 1.29 is 13.2 Å². The van der Waals surface area contributed by atoms with Crippen molar-refractivity contribution in [1.82, 2.24) is 5.32 Å². The number of benzene rings is 2. The van der Waals surface area contributed by atoms with Gasteiger partial charge in [0, 0.05) is 37.4 Å². The molecule has 0 aromatic heterocycles. The zero-order valence-electron chi connectivity index (χ0n) is 17.2. The Labute approximate surface area is 178 Å². The number of hydrogen-bond acceptors (Lipinski definition) is 4. The van der Waals surface area contributed by atoms with E-state index in [0.29, 0.717) is 30.8 Å². The summed E-state index contributed by atoms with van der Waals surface area (Å²) in [7, 11) is -3.24. The summed E-state index contributed by atoms with van der Waals surface area (Å²) >= 11 is 0. The van der Waals surface area contributed by atoms with E-state index in [0.717, 1.165) is 25.1 Å². The Bertz CT molecular complexity index is 966. The Morgan fingerprint density at radius 3 is 2.10 bits per heavy atom. The van der Waals surface area contributed by atoms with Crippen LogP contribution in [0.1, 0.15) is 48.0 Å². The van der Waals surface area contributed by atoms with Gasteiger partial charge < -0.3 is 10.2 Å². The Morgan fingerprint density at radius 1 is 0.800 bits per heavy atom. The second kappa shape index (κ2) is 9.08. The molecule has 0 aliphatic carbocycles. The van der Waals surface area contributed by atoms with Gasteiger partial charge in [-0.25, -0.2) is 8.42 Å². The highest BCUT2D eigenvalue weighted by molar-refractivity contribution is 7.92. The molecule has 160 valence electrons. The third-order valence-electron chi connectivity index (χ3n) is 5.88. The molecule has 1 amide bonds. The molecule has 30 heavy (non-hydrogen) atoms. The van der Waals surface area contributed by atoms with Gasteiger partial charge in [0.25, 0.3) is 5.91 Å². The second-order valence-electron chi connectivity index (χ2n) is 8.04. The van der Waals surface area contributed by atoms with Crippen LogP contribution >= 0.6 is 0 Å². The molecular weight excluding hydrogens is 398 g/mol. The van der Waals surface area contributed by atoms with Gasteiger partial charge in [-0.3, -0.25) is 9.10 Å². The zero-order chi connectivity index (χ0) is 21.0. The van der Waals surface area contributed by atoms with Crippen molar-refractivity contribution in [2.24, 2.45) is 0 Å². The fraction of sp³-hybridized carbons (Fsp3) is 0.435. The van der Waals surface area contributed by atoms with Gasteiger partial charge in [0.15, 0.2) is 0 Å². The molecule has 2 saturated heterocycles. The van der Waals surface area contributed by atoms with Gasteiger partial charge >= 0.3 is 0 Å². The Balaban J connectivity index is 1.34. The van der Waals surface area contributed by atoms with Crippen LogP contribution in [0, 0.1) is 0 Å². The number of amides is 1. The molecule has 2 aliphatic heterocycles. The van der Waals surface area contributed by atoms with Crippen molar-refractivity contribution in [1.29, 1.82) is 0 Å². The Kier molecular flexibility index (Phi) is 6.27. The summed E-state index contributed by atoms with van der Waals surface area (Å²) in [5.74, 6) is 0.0226. The number of hydrogen-bond donors (Lipinski definition) is 1. The molecule has 0 saturated carbocycles. The summed E-state index contributed by atoms with van der Waals surface area (Å²) in [5.41, 5.74) is 3.45. The predicted octanol–water partition coefficient (Wildman–Crippen LogP) is 3.54. The van der Waals surface area contributed by atoms with Gasteiger partial charge in [-0.2, -0.15) is 0 Å². The first-order chi connectivity index (χ1) is 14.5. The maximum absolute atomic E-state index is 12.5. The van der Waals surface area contributed by atoms with Gasteiger partial charge in [-0.05, 0) is 74.1 Å². The summed E-state index contributed by atoms with van der Waals surface area (Å²) in [6, 6.07) is 15.2. The zero-order valence-corrected chi connectivity index (χ0v) is 18.0. The first kappa shape index (κ1) is 20.7. The lowest BCUT2D eigenvalue weighted by atomic mass is 10.1. The standard InChI is InChI=1S/C23H29N3O3S/c27-23(20-8-12-22(13-9-20)26-16-4-5-17-30(26,28)29)24-18-19-6-10-21(11-7-19)25-14-2-1-3-15-25/h6-13H,1-5,14-18H2,(H,24,27). The molecule has 0 atom stereocenters. The van der Waals surface area contributed by atoms with E-state index in [-0.39, 0.29) is 11.7 Å². The molecular formula is C23H29N3O3S. The summed E-state index contributed by atoms with van der Waals surface area (Å²) < 4.78 is 25.9. The minimum Gasteiger partial charge on any atom is -0.372 e. The number of rotatable bonds is 5. The van der Waals surface area contributed by atoms with Crippen LogP contribution in [0.25, 0.3) is 0 Å². The van der Waals surface area contributed by atoms with Crippen LogP contribution in [-0.4, -0.2) is 39.7 Å². The lowest BCUT2D eigenvalue weighted by Crippen LogP contribution is -2.37. The monoisotopic (exact) mass is 427 g/mol. The fourth-order valence-electron chi connectivity index (χ4n) is 4.12. The number of nitrogens with one attached hydrogen (secondary N) is 1. The number of carbonyl (C=O) groups excluding carboxylic acids is 1. The highest BCUT2D eigenvalue weighted by Gasteiger charge is 2.26. The molecule has 0 unspecified atom stereocenters. The van der Waals surface area contributed by atoms with Gasteiger partial charge in [-0.1, -0.05) is 12.1 Å². The van der Waals surface area contributed by atoms with Crippen molar-refractivity contribution in [3.8, 4) is 0 Å². The third-order valence-corrected chi connectivity index (χ3v) is 7.75. The van der Waals surface area contributed by atoms with Crippen molar-refractivity contribution in [2.45, 2.75) is 38.6 Å². The van der Waals surface area contributed by atoms with E-state index in [9.17, 15) is 13.2 Å². The van der Waals surface area contributed by atoms with Crippen LogP contribution in [0.5, 0.6) is 0 Å². The summed E-state index contributed by atoms with van der Waals surface area (Å²) in [6.07, 6.45) is 5.38. The molecule has 6 nitrogen and oxygen atoms in total. The molecule has 7 heteroatoms. The molecule has 0 bridgehead atoms. The van der Waals surface area contributed by atoms with E-state index >= 15 is 0 Å². The van der Waals surface area contributed by atoms with Crippen LogP contribution in [0.2, 0.25) is 0 Å². The number of carbonyl (C=O) groups is 1. The predicted molar refractivity (Wildman–Crippen MR) is 120 cm³/mol. The maximum atomic E-state index is 12.5. The van der Waals surface area contributed by atoms with E-state index in [2.05, 4.69) is 34.5 Å². The average molecular weight is 428 g/mol. The number of nitrogens with zero attached hydrogens (tertiary/aromatic N) is 2. The maximum Gasteiger partial charge on any atom is 0.251 e. The molecule has 2 aliphatic rings. The van der Waals surface area contributed by atoms with E-state index < -0.39 is 10.0 Å². The number of anilines is 2. The highest BCUT2D eigenvalue weighted by atomic mass is 32.2. The minimum atomic E-state index is -3.24. The lowest BCUT2D eigenvalue weighted by Gasteiger charge is -2.28. The van der Waals surface area contributed by atoms with Crippen LogP contribution in [0.4, 0.5) is 11.4 Å². The second-order valence-corrected chi connectivity index (χ2v) is 10.1. The molecule has 0 radical (unpaired) electrons. The van der Waals surface area contributed by atoms with Crippen molar-refractivity contribution >= 4 is 27.3 Å². The van der Waals surface area contributed by atoms with E-state index in [1.54, 1.807) is 24.3 Å². The summed E-state index contributed by atoms with van der Waals surface area (Å²) in [4.78, 5) is 14.9. The first-order valence-corrected chi connectivity index (χ1v) is 12.4. The SMILES string of the molecule is O=C(NCc1ccc(N2CCCCC2)cc1)c1ccc(N2CCCCS2(=O)=O)cc1. The fourth-order valence-corrected chi connectivity index (χ4v) is 5.76. The Morgan fingerprint density at radius 2 is 1.43 bits per heavy atom. The topological polar surface area (TPSA) is 69.7 Å². The van der Waals surface area contributed by atoms with Crippen LogP contribution in [-0.2, 0) is 16.6 Å². The molecule has 4 rings (SSSR count). The van der Waals surface area contributed by atoms with Crippen LogP contribution in [0.15, 0.2) is 48.5 Å². The van der Waals surface area contributed by atoms with E-state index in [1.165, 1.54) is 29.3 Å². The van der Waals surface area contributed by atoms with Gasteiger partial charge in [-0.15, -0.1) is 0 Å². The van der Waals surface area contributed by atoms with Gasteiger partial charge in [0.2, 0.25) is 10.0 Å². The smallest absolute Gasteiger partial charge is 0.251 e. The molecule has 2 aromatic carbocycles. The van der Waals surface area contributed by atoms with Crippen molar-refractivity contribution in [2.75, 3.05) is 34.6 Å². The molecule has 1 N–H and O–H groups in total. The van der Waals surface area contributed by atoms with E-state index in [1.807, 2.05) is 0 Å². The molecule has 2 heterocycles. The number of piperidine rings is 1. The van der Waals surface area contributed by atoms with Crippen molar-refractivity contribution in [3.63, 3.8) is 0 Å². The normalized spacial score (nSPS) is 18.8. The summed E-state index contributed by atoms with van der Waals surface area (Å²) in [5, 5.41) is 2.95. The minimum absolute atomic E-state index is 0.164. The quantitative estimate of drug-likeness (QED) is 0.792. The van der Waals surface area contributed by atoms with Crippen LogP contribution < -0.4 is 14.5 Å². The Hall–Kier alpha value is -2.54. The van der Waals surface area contributed by atoms with Crippen LogP contribution in [0.3, 0.4) is 0 Å². The van der Waals surface area contributed by atoms with Crippen molar-refractivity contribution in [3.05, 3.63) is 59.7 Å². The molecule has 2 fully saturated rings. The average Bonchev–Trinajstić information content (AvgIpc) is 2.78. The highest BCUT2D eigenvalue weighted by Crippen LogP contribution is 2.24. The van der Waals surface area contributed by atoms with Gasteiger partial charge in [0.05, 0.1) is 11.4 Å². The first-order valence-electron chi connectivity index (χ1n) is 10.8. The molecule has 2 aromatic rings. The number of sulfonamides is 1. The lowest BCUT2D eigenvalue weighted by molar-refractivity contribution is 0.0951. The third kappa shape index (κ3) is 4.78. The van der Waals surface area contributed by atoms with Gasteiger partial charge in [0.1, 0.15) is 0 Å². The molecule has 0 spiro atoms.